The van der Waals surface area contributed by atoms with Gasteiger partial charge in [0.2, 0.25) is 5.91 Å². The van der Waals surface area contributed by atoms with E-state index in [0.717, 1.165) is 0 Å². The van der Waals surface area contributed by atoms with Gasteiger partial charge in [0.05, 0.1) is 11.3 Å². The average molecular weight is 265 g/mol. The van der Waals surface area contributed by atoms with E-state index in [-0.39, 0.29) is 17.2 Å². The second kappa shape index (κ2) is 5.85. The van der Waals surface area contributed by atoms with Gasteiger partial charge in [0.15, 0.2) is 0 Å². The number of urea groups is 1. The summed E-state index contributed by atoms with van der Waals surface area (Å²) in [6, 6.07) is 3.79. The van der Waals surface area contributed by atoms with Gasteiger partial charge in [-0.25, -0.2) is 9.59 Å². The fraction of sp³-hybridized carbons (Fsp3) is 0.250. The molecule has 0 bridgehead atoms. The molecule has 0 saturated heterocycles. The molecule has 0 heterocycles. The summed E-state index contributed by atoms with van der Waals surface area (Å²) in [6.07, 6.45) is 0. The van der Waals surface area contributed by atoms with Gasteiger partial charge < -0.3 is 20.6 Å². The Morgan fingerprint density at radius 1 is 1.16 bits per heavy atom. The lowest BCUT2D eigenvalue weighted by molar-refractivity contribution is -0.114. The van der Waals surface area contributed by atoms with Crippen LogP contribution in [-0.2, 0) is 4.79 Å². The molecular weight excluding hydrogens is 250 g/mol. The number of aromatic carboxylic acids is 1. The molecule has 102 valence electrons. The van der Waals surface area contributed by atoms with E-state index in [1.165, 1.54) is 30.0 Å². The van der Waals surface area contributed by atoms with E-state index in [9.17, 15) is 14.4 Å². The van der Waals surface area contributed by atoms with Crippen LogP contribution in [0.15, 0.2) is 18.2 Å². The van der Waals surface area contributed by atoms with Crippen molar-refractivity contribution in [3.05, 3.63) is 23.8 Å². The lowest BCUT2D eigenvalue weighted by Crippen LogP contribution is -2.28. The fourth-order valence-electron chi connectivity index (χ4n) is 1.34. The van der Waals surface area contributed by atoms with Crippen molar-refractivity contribution in [3.63, 3.8) is 0 Å². The first-order valence-corrected chi connectivity index (χ1v) is 5.44. The van der Waals surface area contributed by atoms with E-state index in [2.05, 4.69) is 10.6 Å². The summed E-state index contributed by atoms with van der Waals surface area (Å²) in [7, 11) is 3.09. The van der Waals surface area contributed by atoms with Crippen LogP contribution in [0.1, 0.15) is 17.3 Å². The van der Waals surface area contributed by atoms with E-state index < -0.39 is 12.0 Å². The summed E-state index contributed by atoms with van der Waals surface area (Å²) in [5.74, 6) is -1.50. The standard InChI is InChI=1S/C12H15N3O4/c1-7(16)13-8-4-5-10(9(6-8)11(17)18)14-12(19)15(2)3/h4-6H,1-3H3,(H,13,16)(H,14,19)(H,17,18). The number of nitrogens with zero attached hydrogens (tertiary/aromatic N) is 1. The molecule has 0 aliphatic rings. The summed E-state index contributed by atoms with van der Waals surface area (Å²) >= 11 is 0. The summed E-state index contributed by atoms with van der Waals surface area (Å²) < 4.78 is 0. The summed E-state index contributed by atoms with van der Waals surface area (Å²) in [5.41, 5.74) is 0.425. The summed E-state index contributed by atoms with van der Waals surface area (Å²) in [6.45, 7) is 1.32. The van der Waals surface area contributed by atoms with Gasteiger partial charge in [-0.15, -0.1) is 0 Å². The molecule has 1 aromatic carbocycles. The second-order valence-corrected chi connectivity index (χ2v) is 4.07. The molecule has 3 N–H and O–H groups in total. The quantitative estimate of drug-likeness (QED) is 0.770. The molecule has 0 radical (unpaired) electrons. The average Bonchev–Trinajstić information content (AvgIpc) is 2.29. The third kappa shape index (κ3) is 3.98. The first kappa shape index (κ1) is 14.5. The predicted molar refractivity (Wildman–Crippen MR) is 70.4 cm³/mol. The van der Waals surface area contributed by atoms with E-state index >= 15 is 0 Å². The van der Waals surface area contributed by atoms with Crippen molar-refractivity contribution in [2.24, 2.45) is 0 Å². The maximum atomic E-state index is 11.5. The molecule has 1 aromatic rings. The van der Waals surface area contributed by atoms with Crippen LogP contribution in [0.3, 0.4) is 0 Å². The van der Waals surface area contributed by atoms with Crippen molar-refractivity contribution in [2.45, 2.75) is 6.92 Å². The molecule has 0 atom stereocenters. The largest absolute Gasteiger partial charge is 0.478 e. The first-order chi connectivity index (χ1) is 8.81. The highest BCUT2D eigenvalue weighted by atomic mass is 16.4. The first-order valence-electron chi connectivity index (χ1n) is 5.44. The number of anilines is 2. The molecule has 19 heavy (non-hydrogen) atoms. The zero-order valence-electron chi connectivity index (χ0n) is 10.9. The molecule has 0 aromatic heterocycles. The Labute approximate surface area is 110 Å². The fourth-order valence-corrected chi connectivity index (χ4v) is 1.34. The third-order valence-corrected chi connectivity index (χ3v) is 2.22. The highest BCUT2D eigenvalue weighted by Crippen LogP contribution is 2.21. The maximum absolute atomic E-state index is 11.5. The number of hydrogen-bond donors (Lipinski definition) is 3. The van der Waals surface area contributed by atoms with Crippen LogP contribution in [-0.4, -0.2) is 42.0 Å². The lowest BCUT2D eigenvalue weighted by atomic mass is 10.1. The summed E-state index contributed by atoms with van der Waals surface area (Å²) in [4.78, 5) is 34.8. The van der Waals surface area contributed by atoms with Crippen molar-refractivity contribution in [1.29, 1.82) is 0 Å². The number of carbonyl (C=O) groups excluding carboxylic acids is 2. The van der Waals surface area contributed by atoms with Gasteiger partial charge in [0.1, 0.15) is 0 Å². The number of hydrogen-bond acceptors (Lipinski definition) is 3. The van der Waals surface area contributed by atoms with Crippen molar-refractivity contribution in [1.82, 2.24) is 4.90 Å². The molecule has 0 saturated carbocycles. The van der Waals surface area contributed by atoms with Gasteiger partial charge in [0.25, 0.3) is 0 Å². The van der Waals surface area contributed by atoms with Gasteiger partial charge in [-0.3, -0.25) is 4.79 Å². The van der Waals surface area contributed by atoms with E-state index in [0.29, 0.717) is 5.69 Å². The van der Waals surface area contributed by atoms with Gasteiger partial charge in [-0.2, -0.15) is 0 Å². The molecule has 7 heteroatoms. The number of amides is 3. The SMILES string of the molecule is CC(=O)Nc1ccc(NC(=O)N(C)C)c(C(=O)O)c1. The Hall–Kier alpha value is -2.57. The van der Waals surface area contributed by atoms with Crippen molar-refractivity contribution >= 4 is 29.3 Å². The van der Waals surface area contributed by atoms with Crippen molar-refractivity contribution < 1.29 is 19.5 Å². The summed E-state index contributed by atoms with van der Waals surface area (Å²) in [5, 5.41) is 14.0. The predicted octanol–water partition coefficient (Wildman–Crippen LogP) is 1.44. The monoisotopic (exact) mass is 265 g/mol. The maximum Gasteiger partial charge on any atom is 0.337 e. The number of carbonyl (C=O) groups is 3. The molecule has 0 unspecified atom stereocenters. The highest BCUT2D eigenvalue weighted by Gasteiger charge is 2.14. The minimum absolute atomic E-state index is 0.0959. The van der Waals surface area contributed by atoms with Crippen molar-refractivity contribution in [2.75, 3.05) is 24.7 Å². The van der Waals surface area contributed by atoms with Crippen LogP contribution >= 0.6 is 0 Å². The molecule has 0 aliphatic heterocycles. The number of carboxylic acid groups (broad SMARTS) is 1. The number of carboxylic acids is 1. The molecule has 3 amide bonds. The Morgan fingerprint density at radius 3 is 2.26 bits per heavy atom. The van der Waals surface area contributed by atoms with Crippen molar-refractivity contribution in [3.8, 4) is 0 Å². The Bertz CT molecular complexity index is 526. The van der Waals surface area contributed by atoms with Crippen LogP contribution in [0.4, 0.5) is 16.2 Å². The van der Waals surface area contributed by atoms with Crippen LogP contribution in [0.25, 0.3) is 0 Å². The Balaban J connectivity index is 3.08. The van der Waals surface area contributed by atoms with Gasteiger partial charge >= 0.3 is 12.0 Å². The minimum atomic E-state index is -1.19. The van der Waals surface area contributed by atoms with E-state index in [4.69, 9.17) is 5.11 Å². The topological polar surface area (TPSA) is 98.7 Å². The number of nitrogens with one attached hydrogen (secondary N) is 2. The molecule has 0 fully saturated rings. The molecule has 1 rings (SSSR count). The number of benzene rings is 1. The highest BCUT2D eigenvalue weighted by molar-refractivity contribution is 6.01. The van der Waals surface area contributed by atoms with E-state index in [1.807, 2.05) is 0 Å². The second-order valence-electron chi connectivity index (χ2n) is 4.07. The Morgan fingerprint density at radius 2 is 1.79 bits per heavy atom. The molecular formula is C12H15N3O4. The van der Waals surface area contributed by atoms with Crippen LogP contribution in [0.5, 0.6) is 0 Å². The Kier molecular flexibility index (Phi) is 4.46. The van der Waals surface area contributed by atoms with E-state index in [1.54, 1.807) is 14.1 Å². The van der Waals surface area contributed by atoms with Crippen LogP contribution in [0.2, 0.25) is 0 Å². The van der Waals surface area contributed by atoms with Gasteiger partial charge in [-0.05, 0) is 18.2 Å². The zero-order chi connectivity index (χ0) is 14.6. The smallest absolute Gasteiger partial charge is 0.337 e. The van der Waals surface area contributed by atoms with Crippen LogP contribution in [0, 0.1) is 0 Å². The van der Waals surface area contributed by atoms with Crippen LogP contribution < -0.4 is 10.6 Å². The minimum Gasteiger partial charge on any atom is -0.478 e. The third-order valence-electron chi connectivity index (χ3n) is 2.22. The normalized spacial score (nSPS) is 9.63. The van der Waals surface area contributed by atoms with Gasteiger partial charge in [0, 0.05) is 26.7 Å². The molecule has 7 nitrogen and oxygen atoms in total. The number of rotatable bonds is 3. The zero-order valence-corrected chi connectivity index (χ0v) is 10.9. The van der Waals surface area contributed by atoms with Gasteiger partial charge in [-0.1, -0.05) is 0 Å². The lowest BCUT2D eigenvalue weighted by Gasteiger charge is -2.14. The molecule has 0 spiro atoms. The molecule has 0 aliphatic carbocycles.